The van der Waals surface area contributed by atoms with Crippen molar-refractivity contribution in [3.8, 4) is 0 Å². The first-order valence-electron chi connectivity index (χ1n) is 7.59. The van der Waals surface area contributed by atoms with Gasteiger partial charge >= 0.3 is 11.9 Å². The lowest BCUT2D eigenvalue weighted by atomic mass is 10.0. The fourth-order valence-electron chi connectivity index (χ4n) is 2.56. The largest absolute Gasteiger partial charge is 0.466 e. The second-order valence-electron chi connectivity index (χ2n) is 5.33. The topological polar surface area (TPSA) is 92.0 Å². The van der Waals surface area contributed by atoms with E-state index in [4.69, 9.17) is 18.6 Å². The van der Waals surface area contributed by atoms with Crippen LogP contribution < -0.4 is 16.1 Å². The Hall–Kier alpha value is -2.41. The minimum absolute atomic E-state index is 0.159. The third-order valence-corrected chi connectivity index (χ3v) is 3.64. The Morgan fingerprint density at radius 3 is 2.54 bits per heavy atom. The molecule has 0 aromatic carbocycles. The number of rotatable bonds is 5. The molecule has 0 spiro atoms. The van der Waals surface area contributed by atoms with Gasteiger partial charge in [0.15, 0.2) is 11.5 Å². The van der Waals surface area contributed by atoms with E-state index in [0.29, 0.717) is 11.2 Å². The maximum absolute atomic E-state index is 12.7. The Bertz CT molecular complexity index is 819. The van der Waals surface area contributed by atoms with E-state index in [9.17, 15) is 14.4 Å². The van der Waals surface area contributed by atoms with Crippen LogP contribution in [0.2, 0.25) is 0 Å². The van der Waals surface area contributed by atoms with Crippen molar-refractivity contribution in [1.29, 1.82) is 0 Å². The first kappa shape index (κ1) is 17.9. The normalized spacial score (nSPS) is 18.8. The maximum Gasteiger partial charge on any atom is 0.310 e. The molecule has 1 aliphatic carbocycles. The summed E-state index contributed by atoms with van der Waals surface area (Å²) >= 11 is 0. The molecule has 7 heteroatoms. The molecule has 0 amide bonds. The minimum atomic E-state index is -0.682. The first-order valence-corrected chi connectivity index (χ1v) is 7.59. The summed E-state index contributed by atoms with van der Waals surface area (Å²) in [5, 5.41) is 0.287. The van der Waals surface area contributed by atoms with E-state index in [1.54, 1.807) is 19.9 Å². The Morgan fingerprint density at radius 2 is 1.96 bits per heavy atom. The van der Waals surface area contributed by atoms with Crippen molar-refractivity contribution >= 4 is 24.1 Å². The van der Waals surface area contributed by atoms with Gasteiger partial charge in [-0.05, 0) is 19.9 Å². The van der Waals surface area contributed by atoms with Crippen LogP contribution in [0.25, 0.3) is 12.2 Å². The van der Waals surface area contributed by atoms with Gasteiger partial charge in [0.25, 0.3) is 0 Å². The van der Waals surface area contributed by atoms with Gasteiger partial charge in [0, 0.05) is 25.7 Å². The third-order valence-electron chi connectivity index (χ3n) is 3.64. The van der Waals surface area contributed by atoms with Crippen molar-refractivity contribution in [3.63, 3.8) is 0 Å². The monoisotopic (exact) mass is 336 g/mol. The van der Waals surface area contributed by atoms with Crippen LogP contribution in [0.1, 0.15) is 25.2 Å². The second-order valence-corrected chi connectivity index (χ2v) is 5.33. The predicted octanol–water partition coefficient (Wildman–Crippen LogP) is -0.425. The lowest BCUT2D eigenvalue weighted by Crippen LogP contribution is -2.49. The maximum atomic E-state index is 12.7. The highest BCUT2D eigenvalue weighted by Gasteiger charge is 2.25. The molecule has 0 N–H and O–H groups in total. The number of carbonyl (C=O) groups is 2. The molecule has 7 nitrogen and oxygen atoms in total. The lowest BCUT2D eigenvalue weighted by Gasteiger charge is -2.22. The van der Waals surface area contributed by atoms with E-state index in [2.05, 4.69) is 0 Å². The van der Waals surface area contributed by atoms with Gasteiger partial charge in [0.2, 0.25) is 0 Å². The standard InChI is InChI=1S/C17H20O7/c1-5-22-16(19)7-11-9(2)23-13-8-15(24-10(3)18)14(21-4)6-12(13)17(11)20/h6,8,14-15H,5,7H2,1-4H3. The molecule has 1 aromatic heterocycles. The number of methoxy groups -OCH3 is 1. The number of hydrogen-bond acceptors (Lipinski definition) is 7. The van der Waals surface area contributed by atoms with Crippen LogP contribution in [-0.4, -0.2) is 37.9 Å². The van der Waals surface area contributed by atoms with Gasteiger partial charge in [-0.1, -0.05) is 0 Å². The molecule has 0 saturated carbocycles. The van der Waals surface area contributed by atoms with Crippen LogP contribution in [-0.2, 0) is 30.2 Å². The van der Waals surface area contributed by atoms with Gasteiger partial charge in [-0.15, -0.1) is 0 Å². The van der Waals surface area contributed by atoms with Gasteiger partial charge in [0.1, 0.15) is 17.3 Å². The molecule has 24 heavy (non-hydrogen) atoms. The van der Waals surface area contributed by atoms with Gasteiger partial charge in [0.05, 0.1) is 18.2 Å². The van der Waals surface area contributed by atoms with Crippen LogP contribution in [0.3, 0.4) is 0 Å². The summed E-state index contributed by atoms with van der Waals surface area (Å²) in [7, 11) is 1.45. The van der Waals surface area contributed by atoms with Crippen LogP contribution in [0.5, 0.6) is 0 Å². The molecule has 2 atom stereocenters. The van der Waals surface area contributed by atoms with E-state index in [0.717, 1.165) is 0 Å². The predicted molar refractivity (Wildman–Crippen MR) is 84.6 cm³/mol. The summed E-state index contributed by atoms with van der Waals surface area (Å²) < 4.78 is 21.0. The van der Waals surface area contributed by atoms with Gasteiger partial charge in [-0.2, -0.15) is 0 Å². The molecule has 0 aliphatic heterocycles. The van der Waals surface area contributed by atoms with Crippen LogP contribution in [0, 0.1) is 6.92 Å². The van der Waals surface area contributed by atoms with E-state index in [1.165, 1.54) is 20.1 Å². The molecular formula is C17H20O7. The van der Waals surface area contributed by atoms with E-state index in [-0.39, 0.29) is 29.2 Å². The average molecular weight is 336 g/mol. The zero-order chi connectivity index (χ0) is 17.9. The summed E-state index contributed by atoms with van der Waals surface area (Å²) in [6, 6.07) is 0. The molecular weight excluding hydrogens is 316 g/mol. The Balaban J connectivity index is 2.54. The molecule has 2 rings (SSSR count). The Kier molecular flexibility index (Phi) is 5.56. The van der Waals surface area contributed by atoms with Crippen LogP contribution in [0.4, 0.5) is 0 Å². The van der Waals surface area contributed by atoms with Gasteiger partial charge in [-0.25, -0.2) is 0 Å². The van der Waals surface area contributed by atoms with E-state index < -0.39 is 24.1 Å². The molecule has 1 aromatic rings. The molecule has 1 aliphatic rings. The number of esters is 2. The minimum Gasteiger partial charge on any atom is -0.466 e. The molecule has 0 radical (unpaired) electrons. The summed E-state index contributed by atoms with van der Waals surface area (Å²) in [6.07, 6.45) is 1.63. The van der Waals surface area contributed by atoms with Crippen molar-refractivity contribution in [3.05, 3.63) is 32.2 Å². The summed E-state index contributed by atoms with van der Waals surface area (Å²) in [5.41, 5.74) is 0.226. The van der Waals surface area contributed by atoms with Crippen LogP contribution >= 0.6 is 0 Å². The lowest BCUT2D eigenvalue weighted by molar-refractivity contribution is -0.147. The van der Waals surface area contributed by atoms with E-state index >= 15 is 0 Å². The molecule has 1 heterocycles. The molecule has 130 valence electrons. The summed E-state index contributed by atoms with van der Waals surface area (Å²) in [6.45, 7) is 4.83. The van der Waals surface area contributed by atoms with Crippen molar-refractivity contribution in [2.75, 3.05) is 13.7 Å². The highest BCUT2D eigenvalue weighted by Crippen LogP contribution is 2.10. The van der Waals surface area contributed by atoms with E-state index in [1.807, 2.05) is 0 Å². The number of carbonyl (C=O) groups excluding carboxylic acids is 2. The number of hydrogen-bond donors (Lipinski definition) is 0. The highest BCUT2D eigenvalue weighted by molar-refractivity contribution is 5.72. The zero-order valence-electron chi connectivity index (χ0n) is 14.1. The van der Waals surface area contributed by atoms with Gasteiger partial charge in [-0.3, -0.25) is 14.4 Å². The van der Waals surface area contributed by atoms with Crippen molar-refractivity contribution < 1.29 is 28.2 Å². The highest BCUT2D eigenvalue weighted by atomic mass is 16.6. The number of fused-ring (bicyclic) bond motifs is 1. The zero-order valence-corrected chi connectivity index (χ0v) is 14.1. The van der Waals surface area contributed by atoms with Gasteiger partial charge < -0.3 is 18.6 Å². The fraction of sp³-hybridized carbons (Fsp3) is 0.471. The van der Waals surface area contributed by atoms with Crippen molar-refractivity contribution in [2.24, 2.45) is 0 Å². The number of aryl methyl sites for hydroxylation is 1. The molecule has 0 fully saturated rings. The fourth-order valence-corrected chi connectivity index (χ4v) is 2.56. The van der Waals surface area contributed by atoms with Crippen molar-refractivity contribution in [2.45, 2.75) is 39.4 Å². The second kappa shape index (κ2) is 7.44. The first-order chi connectivity index (χ1) is 11.4. The van der Waals surface area contributed by atoms with Crippen LogP contribution in [0.15, 0.2) is 9.21 Å². The third kappa shape index (κ3) is 3.73. The summed E-state index contributed by atoms with van der Waals surface area (Å²) in [4.78, 5) is 35.6. The average Bonchev–Trinajstić information content (AvgIpc) is 2.50. The molecule has 0 saturated heterocycles. The quantitative estimate of drug-likeness (QED) is 0.674. The smallest absolute Gasteiger partial charge is 0.310 e. The summed E-state index contributed by atoms with van der Waals surface area (Å²) in [5.74, 6) is -0.629. The number of ether oxygens (including phenoxy) is 3. The Morgan fingerprint density at radius 1 is 1.25 bits per heavy atom. The molecule has 2 unspecified atom stereocenters. The van der Waals surface area contributed by atoms with Crippen molar-refractivity contribution in [1.82, 2.24) is 0 Å². The SMILES string of the molecule is CCOC(=O)Cc1c(C)oc2c(c1=O)=CC(OC)C(OC(C)=O)C=2. The molecule has 0 bridgehead atoms. The Labute approximate surface area is 138 Å².